The second-order valence-corrected chi connectivity index (χ2v) is 9.60. The molecule has 43 heavy (non-hydrogen) atoms. The molecule has 0 saturated heterocycles. The van der Waals surface area contributed by atoms with Crippen molar-refractivity contribution in [1.29, 1.82) is 0 Å². The molecule has 3 aromatic carbocycles. The summed E-state index contributed by atoms with van der Waals surface area (Å²) in [7, 11) is -0.861. The van der Waals surface area contributed by atoms with Crippen molar-refractivity contribution in [3.05, 3.63) is 89.9 Å². The van der Waals surface area contributed by atoms with E-state index in [-0.39, 0.29) is 19.8 Å². The van der Waals surface area contributed by atoms with Crippen molar-refractivity contribution in [2.75, 3.05) is 19.8 Å². The molecule has 0 unspecified atom stereocenters. The summed E-state index contributed by atoms with van der Waals surface area (Å²) in [4.78, 5) is 37.9. The van der Waals surface area contributed by atoms with Crippen LogP contribution < -0.4 is 0 Å². The van der Waals surface area contributed by atoms with Gasteiger partial charge in [0.1, 0.15) is 0 Å². The number of carbonyl (C=O) groups excluding carboxylic acids is 3. The van der Waals surface area contributed by atoms with Gasteiger partial charge >= 0.3 is 17.9 Å². The van der Waals surface area contributed by atoms with E-state index in [0.717, 1.165) is 16.2 Å². The average Bonchev–Trinajstić information content (AvgIpc) is 3.75. The van der Waals surface area contributed by atoms with Crippen LogP contribution in [0.2, 0.25) is 0 Å². The summed E-state index contributed by atoms with van der Waals surface area (Å²) in [6, 6.07) is 15.6. The van der Waals surface area contributed by atoms with Crippen molar-refractivity contribution >= 4 is 57.7 Å². The van der Waals surface area contributed by atoms with Crippen molar-refractivity contribution in [2.45, 2.75) is 20.8 Å². The van der Waals surface area contributed by atoms with Gasteiger partial charge in [0, 0.05) is 32.7 Å². The molecule has 0 fully saturated rings. The van der Waals surface area contributed by atoms with E-state index in [9.17, 15) is 14.4 Å². The number of fused-ring (bicyclic) bond motifs is 3. The highest BCUT2D eigenvalue weighted by Gasteiger charge is 2.20. The third-order valence-electron chi connectivity index (χ3n) is 6.99. The molecular formula is C30H27BN6O6-. The fraction of sp³-hybridized carbons (Fsp3) is 0.200. The molecule has 3 heterocycles. The van der Waals surface area contributed by atoms with E-state index in [2.05, 4.69) is 0 Å². The van der Waals surface area contributed by atoms with Crippen LogP contribution in [0.25, 0.3) is 32.7 Å². The zero-order chi connectivity index (χ0) is 30.1. The Kier molecular flexibility index (Phi) is 7.37. The predicted octanol–water partition coefficient (Wildman–Crippen LogP) is 4.20. The lowest BCUT2D eigenvalue weighted by Gasteiger charge is -2.32. The SMILES string of the molecule is CCOC(=O)c1ccc2cnn([B-](n3ncc4ccc(C(=O)OCC)cc43)n3ncc4ccc(C(=O)OCC)cc43)c2c1. The first-order chi connectivity index (χ1) is 20.9. The van der Waals surface area contributed by atoms with Gasteiger partial charge in [0.15, 0.2) is 0 Å². The van der Waals surface area contributed by atoms with Crippen molar-refractivity contribution in [1.82, 2.24) is 29.1 Å². The number of rotatable bonds is 9. The van der Waals surface area contributed by atoms with Crippen LogP contribution >= 0.6 is 0 Å². The zero-order valence-corrected chi connectivity index (χ0v) is 23.8. The lowest BCUT2D eigenvalue weighted by atomic mass is 9.92. The summed E-state index contributed by atoms with van der Waals surface area (Å²) in [5.74, 6) is -1.37. The number of ether oxygens (including phenoxy) is 3. The van der Waals surface area contributed by atoms with E-state index in [1.165, 1.54) is 0 Å². The molecule has 6 aromatic rings. The minimum absolute atomic E-state index is 0.239. The topological polar surface area (TPSA) is 132 Å². The van der Waals surface area contributed by atoms with Gasteiger partial charge in [-0.2, -0.15) is 0 Å². The number of carbonyl (C=O) groups is 3. The quantitative estimate of drug-likeness (QED) is 0.141. The number of benzene rings is 3. The lowest BCUT2D eigenvalue weighted by Crippen LogP contribution is -2.43. The van der Waals surface area contributed by atoms with Crippen molar-refractivity contribution in [3.8, 4) is 0 Å². The van der Waals surface area contributed by atoms with Gasteiger partial charge in [0.25, 0.3) is 7.12 Å². The average molecular weight is 578 g/mol. The third-order valence-corrected chi connectivity index (χ3v) is 6.99. The second kappa shape index (κ2) is 11.4. The normalized spacial score (nSPS) is 11.4. The Morgan fingerprint density at radius 1 is 0.558 bits per heavy atom. The highest BCUT2D eigenvalue weighted by molar-refractivity contribution is 6.56. The Morgan fingerprint density at radius 2 is 0.860 bits per heavy atom. The van der Waals surface area contributed by atoms with E-state index in [4.69, 9.17) is 29.5 Å². The van der Waals surface area contributed by atoms with E-state index in [1.54, 1.807) is 108 Å². The standard InChI is InChI=1S/C30H27BN6O6/c1-4-41-28(38)19-7-10-22-16-32-35(25(22)13-19)31(36-26-14-20(29(39)42-5-2)8-11-23(26)17-33-36)37-27-15-21(30(40)43-6-3)9-12-24(27)18-34-37/h7-18H,4-6H2,1-3H3/q-1. The molecule has 12 nitrogen and oxygen atoms in total. The Labute approximate surface area is 245 Å². The molecule has 1 radical (unpaired) electrons. The summed E-state index contributed by atoms with van der Waals surface area (Å²) in [5, 5.41) is 16.4. The number of esters is 3. The smallest absolute Gasteiger partial charge is 0.338 e. The van der Waals surface area contributed by atoms with Gasteiger partial charge in [0.2, 0.25) is 0 Å². The molecule has 0 spiro atoms. The number of hydrogen-bond acceptors (Lipinski definition) is 9. The molecule has 217 valence electrons. The summed E-state index contributed by atoms with van der Waals surface area (Å²) in [6.45, 7) is 5.96. The number of nitrogens with zero attached hydrogens (tertiary/aromatic N) is 6. The van der Waals surface area contributed by atoms with Gasteiger partial charge in [-0.25, -0.2) is 29.7 Å². The first-order valence-corrected chi connectivity index (χ1v) is 13.9. The van der Waals surface area contributed by atoms with Gasteiger partial charge in [0.05, 0.1) is 55.1 Å². The Morgan fingerprint density at radius 3 is 1.14 bits per heavy atom. The third kappa shape index (κ3) is 4.98. The maximum absolute atomic E-state index is 12.6. The van der Waals surface area contributed by atoms with E-state index in [1.807, 2.05) is 0 Å². The predicted molar refractivity (Wildman–Crippen MR) is 159 cm³/mol. The lowest BCUT2D eigenvalue weighted by molar-refractivity contribution is 0.0517. The molecule has 0 bridgehead atoms. The molecule has 0 aliphatic rings. The van der Waals surface area contributed by atoms with Gasteiger partial charge < -0.3 is 28.0 Å². The van der Waals surface area contributed by atoms with E-state index >= 15 is 0 Å². The summed E-state index contributed by atoms with van der Waals surface area (Å²) in [5.41, 5.74) is 2.93. The first kappa shape index (κ1) is 27.7. The molecule has 0 saturated carbocycles. The molecule has 3 aromatic heterocycles. The van der Waals surface area contributed by atoms with Gasteiger partial charge in [-0.1, -0.05) is 18.2 Å². The number of aromatic nitrogens is 6. The molecule has 13 heteroatoms. The van der Waals surface area contributed by atoms with Gasteiger partial charge in [-0.15, -0.1) is 0 Å². The van der Waals surface area contributed by atoms with Crippen LogP contribution in [0.15, 0.2) is 73.2 Å². The second-order valence-electron chi connectivity index (χ2n) is 9.60. The summed E-state index contributed by atoms with van der Waals surface area (Å²) >= 11 is 0. The van der Waals surface area contributed by atoms with Crippen molar-refractivity contribution in [2.24, 2.45) is 0 Å². The van der Waals surface area contributed by atoms with Crippen molar-refractivity contribution in [3.63, 3.8) is 0 Å². The highest BCUT2D eigenvalue weighted by Crippen LogP contribution is 2.24. The molecule has 0 N–H and O–H groups in total. The van der Waals surface area contributed by atoms with E-state index < -0.39 is 25.0 Å². The van der Waals surface area contributed by atoms with Crippen LogP contribution in [0.1, 0.15) is 51.8 Å². The van der Waals surface area contributed by atoms with Gasteiger partial charge in [-0.3, -0.25) is 0 Å². The van der Waals surface area contributed by atoms with Crippen molar-refractivity contribution < 1.29 is 28.6 Å². The van der Waals surface area contributed by atoms with Crippen LogP contribution in [0.3, 0.4) is 0 Å². The maximum atomic E-state index is 12.6. The monoisotopic (exact) mass is 578 g/mol. The molecule has 0 atom stereocenters. The van der Waals surface area contributed by atoms with Crippen LogP contribution in [0.4, 0.5) is 0 Å². The largest absolute Gasteiger partial charge is 0.462 e. The van der Waals surface area contributed by atoms with Crippen LogP contribution in [0.5, 0.6) is 0 Å². The fourth-order valence-corrected chi connectivity index (χ4v) is 5.00. The van der Waals surface area contributed by atoms with Gasteiger partial charge in [-0.05, 0) is 57.2 Å². The minimum Gasteiger partial charge on any atom is -0.462 e. The molecule has 6 rings (SSSR count). The molecule has 0 aliphatic carbocycles. The van der Waals surface area contributed by atoms with Crippen LogP contribution in [-0.4, -0.2) is 73.9 Å². The van der Waals surface area contributed by atoms with Crippen LogP contribution in [0, 0.1) is 0 Å². The highest BCUT2D eigenvalue weighted by atomic mass is 16.5. The minimum atomic E-state index is -0.861. The Hall–Kier alpha value is -5.46. The molecule has 0 aliphatic heterocycles. The maximum Gasteiger partial charge on any atom is 0.338 e. The summed E-state index contributed by atoms with van der Waals surface area (Å²) in [6.07, 6.45) is 5.05. The fourth-order valence-electron chi connectivity index (χ4n) is 5.00. The van der Waals surface area contributed by atoms with Crippen LogP contribution in [-0.2, 0) is 14.2 Å². The molecule has 0 amide bonds. The first-order valence-electron chi connectivity index (χ1n) is 13.9. The van der Waals surface area contributed by atoms with E-state index in [0.29, 0.717) is 33.2 Å². The summed E-state index contributed by atoms with van der Waals surface area (Å²) < 4.78 is 20.8. The Bertz CT molecular complexity index is 1780. The Balaban J connectivity index is 1.60. The number of hydrogen-bond donors (Lipinski definition) is 0. The molecular weight excluding hydrogens is 551 g/mol. The zero-order valence-electron chi connectivity index (χ0n) is 23.8.